The van der Waals surface area contributed by atoms with Gasteiger partial charge >= 0.3 is 0 Å². The van der Waals surface area contributed by atoms with Gasteiger partial charge in [-0.3, -0.25) is 9.59 Å². The monoisotopic (exact) mass is 406 g/mol. The van der Waals surface area contributed by atoms with Crippen molar-refractivity contribution in [3.8, 4) is 11.5 Å². The van der Waals surface area contributed by atoms with Crippen molar-refractivity contribution >= 4 is 11.8 Å². The quantitative estimate of drug-likeness (QED) is 0.672. The minimum absolute atomic E-state index is 0.167. The molecule has 0 saturated carbocycles. The lowest BCUT2D eigenvalue weighted by molar-refractivity contribution is -0.122. The number of rotatable bonds is 9. The van der Waals surface area contributed by atoms with Crippen LogP contribution in [0.1, 0.15) is 29.3 Å². The Morgan fingerprint density at radius 2 is 1.83 bits per heavy atom. The molecule has 2 aromatic carbocycles. The Bertz CT molecular complexity index is 874. The Kier molecular flexibility index (Phi) is 7.94. The number of hydrogen-bond donors (Lipinski definition) is 2. The standard InChI is InChI=1S/C21H24F2N2O4/c1-13(4-5-14-6-8-16(22)17(23)10-14)25-21(27)15-7-9-18(19(11-15)28-3)29-12-20(26)24-2/h6-11,13H,4-5,12H2,1-3H3,(H,24,26)(H,25,27). The Balaban J connectivity index is 1.94. The molecule has 0 aliphatic rings. The summed E-state index contributed by atoms with van der Waals surface area (Å²) in [5, 5.41) is 5.30. The second-order valence-electron chi connectivity index (χ2n) is 6.49. The van der Waals surface area contributed by atoms with E-state index in [1.54, 1.807) is 12.1 Å². The maximum atomic E-state index is 13.3. The van der Waals surface area contributed by atoms with E-state index < -0.39 is 11.6 Å². The van der Waals surface area contributed by atoms with E-state index in [0.29, 0.717) is 35.5 Å². The second kappa shape index (κ2) is 10.4. The minimum atomic E-state index is -0.884. The summed E-state index contributed by atoms with van der Waals surface area (Å²) in [6.07, 6.45) is 1.05. The fraction of sp³-hybridized carbons (Fsp3) is 0.333. The third-order valence-electron chi connectivity index (χ3n) is 4.29. The lowest BCUT2D eigenvalue weighted by Crippen LogP contribution is -2.32. The lowest BCUT2D eigenvalue weighted by Gasteiger charge is -2.15. The van der Waals surface area contributed by atoms with E-state index >= 15 is 0 Å². The average molecular weight is 406 g/mol. The zero-order chi connectivity index (χ0) is 21.4. The Hall–Kier alpha value is -3.16. The number of amides is 2. The van der Waals surface area contributed by atoms with Crippen LogP contribution in [0.3, 0.4) is 0 Å². The van der Waals surface area contributed by atoms with Crippen molar-refractivity contribution in [3.05, 3.63) is 59.2 Å². The predicted molar refractivity (Wildman–Crippen MR) is 104 cm³/mol. The topological polar surface area (TPSA) is 76.7 Å². The van der Waals surface area contributed by atoms with Crippen LogP contribution in [0.15, 0.2) is 36.4 Å². The van der Waals surface area contributed by atoms with Crippen LogP contribution in [0, 0.1) is 11.6 Å². The maximum Gasteiger partial charge on any atom is 0.257 e. The number of nitrogens with one attached hydrogen (secondary N) is 2. The summed E-state index contributed by atoms with van der Waals surface area (Å²) >= 11 is 0. The summed E-state index contributed by atoms with van der Waals surface area (Å²) in [6.45, 7) is 1.66. The van der Waals surface area contributed by atoms with Gasteiger partial charge in [0, 0.05) is 18.7 Å². The van der Waals surface area contributed by atoms with Crippen molar-refractivity contribution in [3.63, 3.8) is 0 Å². The normalized spacial score (nSPS) is 11.5. The van der Waals surface area contributed by atoms with Gasteiger partial charge in [-0.15, -0.1) is 0 Å². The molecule has 2 N–H and O–H groups in total. The molecule has 0 aromatic heterocycles. The van der Waals surface area contributed by atoms with Gasteiger partial charge in [-0.1, -0.05) is 6.07 Å². The van der Waals surface area contributed by atoms with Gasteiger partial charge in [0.05, 0.1) is 7.11 Å². The molecule has 0 spiro atoms. The summed E-state index contributed by atoms with van der Waals surface area (Å²) in [5.74, 6) is -1.69. The minimum Gasteiger partial charge on any atom is -0.493 e. The summed E-state index contributed by atoms with van der Waals surface area (Å²) in [7, 11) is 2.94. The van der Waals surface area contributed by atoms with Crippen LogP contribution in [-0.2, 0) is 11.2 Å². The molecular formula is C21H24F2N2O4. The first kappa shape index (κ1) is 22.1. The Morgan fingerprint density at radius 3 is 2.48 bits per heavy atom. The SMILES string of the molecule is CNC(=O)COc1ccc(C(=O)NC(C)CCc2ccc(F)c(F)c2)cc1OC. The number of halogens is 2. The molecule has 6 nitrogen and oxygen atoms in total. The number of hydrogen-bond acceptors (Lipinski definition) is 4. The lowest BCUT2D eigenvalue weighted by atomic mass is 10.1. The third-order valence-corrected chi connectivity index (χ3v) is 4.29. The second-order valence-corrected chi connectivity index (χ2v) is 6.49. The molecule has 29 heavy (non-hydrogen) atoms. The van der Waals surface area contributed by atoms with Gasteiger partial charge in [0.25, 0.3) is 11.8 Å². The van der Waals surface area contributed by atoms with Crippen LogP contribution in [0.4, 0.5) is 8.78 Å². The largest absolute Gasteiger partial charge is 0.493 e. The van der Waals surface area contributed by atoms with Gasteiger partial charge in [-0.05, 0) is 55.7 Å². The summed E-state index contributed by atoms with van der Waals surface area (Å²) in [4.78, 5) is 23.8. The van der Waals surface area contributed by atoms with E-state index in [1.165, 1.54) is 26.3 Å². The van der Waals surface area contributed by atoms with Gasteiger partial charge in [0.15, 0.2) is 29.7 Å². The van der Waals surface area contributed by atoms with Crippen molar-refractivity contribution in [1.29, 1.82) is 0 Å². The number of benzene rings is 2. The molecule has 1 atom stereocenters. The summed E-state index contributed by atoms with van der Waals surface area (Å²) < 4.78 is 36.9. The van der Waals surface area contributed by atoms with E-state index in [0.717, 1.165) is 12.1 Å². The van der Waals surface area contributed by atoms with Crippen molar-refractivity contribution in [2.24, 2.45) is 0 Å². The molecular weight excluding hydrogens is 382 g/mol. The zero-order valence-corrected chi connectivity index (χ0v) is 16.6. The van der Waals surface area contributed by atoms with Gasteiger partial charge in [0.1, 0.15) is 0 Å². The molecule has 0 aliphatic heterocycles. The highest BCUT2D eigenvalue weighted by atomic mass is 19.2. The van der Waals surface area contributed by atoms with E-state index in [9.17, 15) is 18.4 Å². The molecule has 2 rings (SSSR count). The van der Waals surface area contributed by atoms with Crippen molar-refractivity contribution < 1.29 is 27.8 Å². The highest BCUT2D eigenvalue weighted by Gasteiger charge is 2.14. The van der Waals surface area contributed by atoms with Crippen molar-refractivity contribution in [2.75, 3.05) is 20.8 Å². The van der Waals surface area contributed by atoms with E-state index in [2.05, 4.69) is 10.6 Å². The molecule has 0 bridgehead atoms. The first-order valence-corrected chi connectivity index (χ1v) is 9.10. The Morgan fingerprint density at radius 1 is 1.07 bits per heavy atom. The number of carbonyl (C=O) groups is 2. The Labute approximate surface area is 168 Å². The fourth-order valence-corrected chi connectivity index (χ4v) is 2.60. The molecule has 156 valence electrons. The van der Waals surface area contributed by atoms with Crippen LogP contribution in [0.2, 0.25) is 0 Å². The maximum absolute atomic E-state index is 13.3. The molecule has 0 heterocycles. The molecule has 0 aliphatic carbocycles. The van der Waals surface area contributed by atoms with Crippen molar-refractivity contribution in [1.82, 2.24) is 10.6 Å². The molecule has 1 unspecified atom stereocenters. The average Bonchev–Trinajstić information content (AvgIpc) is 2.72. The molecule has 0 fully saturated rings. The number of likely N-dealkylation sites (N-methyl/N-ethyl adjacent to an activating group) is 1. The fourth-order valence-electron chi connectivity index (χ4n) is 2.60. The van der Waals surface area contributed by atoms with E-state index in [1.807, 2.05) is 6.92 Å². The highest BCUT2D eigenvalue weighted by Crippen LogP contribution is 2.28. The highest BCUT2D eigenvalue weighted by molar-refractivity contribution is 5.95. The molecule has 2 aromatic rings. The zero-order valence-electron chi connectivity index (χ0n) is 16.6. The third kappa shape index (κ3) is 6.44. The molecule has 2 amide bonds. The number of ether oxygens (including phenoxy) is 2. The molecule has 0 radical (unpaired) electrons. The smallest absolute Gasteiger partial charge is 0.257 e. The first-order chi connectivity index (χ1) is 13.8. The van der Waals surface area contributed by atoms with Crippen molar-refractivity contribution in [2.45, 2.75) is 25.8 Å². The van der Waals surface area contributed by atoms with Crippen LogP contribution in [0.25, 0.3) is 0 Å². The van der Waals surface area contributed by atoms with Crippen LogP contribution < -0.4 is 20.1 Å². The summed E-state index contributed by atoms with van der Waals surface area (Å²) in [5.41, 5.74) is 1.03. The number of methoxy groups -OCH3 is 1. The number of carbonyl (C=O) groups excluding carboxylic acids is 2. The van der Waals surface area contributed by atoms with Gasteiger partial charge < -0.3 is 20.1 Å². The van der Waals surface area contributed by atoms with E-state index in [-0.39, 0.29) is 24.5 Å². The van der Waals surface area contributed by atoms with Crippen LogP contribution >= 0.6 is 0 Å². The van der Waals surface area contributed by atoms with E-state index in [4.69, 9.17) is 9.47 Å². The molecule has 8 heteroatoms. The predicted octanol–water partition coefficient (Wildman–Crippen LogP) is 2.85. The van der Waals surface area contributed by atoms with Crippen LogP contribution in [0.5, 0.6) is 11.5 Å². The first-order valence-electron chi connectivity index (χ1n) is 9.10. The summed E-state index contributed by atoms with van der Waals surface area (Å²) in [6, 6.07) is 8.24. The van der Waals surface area contributed by atoms with Gasteiger partial charge in [0.2, 0.25) is 0 Å². The molecule has 0 saturated heterocycles. The van der Waals surface area contributed by atoms with Gasteiger partial charge in [-0.25, -0.2) is 8.78 Å². The number of aryl methyl sites for hydroxylation is 1. The van der Waals surface area contributed by atoms with Crippen LogP contribution in [-0.4, -0.2) is 38.6 Å². The van der Waals surface area contributed by atoms with Gasteiger partial charge in [-0.2, -0.15) is 0 Å².